The van der Waals surface area contributed by atoms with Crippen LogP contribution in [0.1, 0.15) is 27.1 Å². The molecule has 1 saturated carbocycles. The molecule has 35 heavy (non-hydrogen) atoms. The fourth-order valence-corrected chi connectivity index (χ4v) is 5.28. The Morgan fingerprint density at radius 3 is 2.34 bits per heavy atom. The second kappa shape index (κ2) is 8.46. The van der Waals surface area contributed by atoms with Crippen molar-refractivity contribution in [2.45, 2.75) is 6.42 Å². The zero-order valence-corrected chi connectivity index (χ0v) is 18.6. The van der Waals surface area contributed by atoms with Gasteiger partial charge in [-0.05, 0) is 42.5 Å². The van der Waals surface area contributed by atoms with Crippen molar-refractivity contribution in [3.63, 3.8) is 0 Å². The number of para-hydroxylation sites is 1. The molecule has 0 radical (unpaired) electrons. The fourth-order valence-electron chi connectivity index (χ4n) is 5.28. The number of hydrogen-bond acceptors (Lipinski definition) is 8. The number of carbonyl (C=O) groups excluding carboxylic acids is 4. The number of hydrogen-bond donors (Lipinski definition) is 0. The highest BCUT2D eigenvalue weighted by Gasteiger charge is 2.59. The predicted octanol–water partition coefficient (Wildman–Crippen LogP) is 2.95. The first kappa shape index (κ1) is 22.5. The van der Waals surface area contributed by atoms with Gasteiger partial charge in [-0.3, -0.25) is 24.5 Å². The quantitative estimate of drug-likeness (QED) is 0.149. The molecule has 0 spiro atoms. The SMILES string of the molecule is COc1ccc(C(=O)COC(=O)c2ccccc2N2C(=O)[C@@H]3[C@H](C2=O)[C@H]2C=C[C@H]3C2)cc1[N+](=O)[O-]. The molecule has 2 aromatic carbocycles. The molecule has 0 aromatic heterocycles. The van der Waals surface area contributed by atoms with Gasteiger partial charge in [0.1, 0.15) is 0 Å². The lowest BCUT2D eigenvalue weighted by Crippen LogP contribution is -2.34. The van der Waals surface area contributed by atoms with Gasteiger partial charge in [0.05, 0.1) is 35.1 Å². The number of nitrogens with zero attached hydrogens (tertiary/aromatic N) is 2. The summed E-state index contributed by atoms with van der Waals surface area (Å²) < 4.78 is 10.1. The van der Waals surface area contributed by atoms with E-state index >= 15 is 0 Å². The van der Waals surface area contributed by atoms with Crippen molar-refractivity contribution in [2.75, 3.05) is 18.6 Å². The minimum atomic E-state index is -0.893. The summed E-state index contributed by atoms with van der Waals surface area (Å²) in [4.78, 5) is 63.3. The Morgan fingerprint density at radius 1 is 1.06 bits per heavy atom. The predicted molar refractivity (Wildman–Crippen MR) is 121 cm³/mol. The van der Waals surface area contributed by atoms with Crippen LogP contribution in [-0.4, -0.2) is 42.2 Å². The Kier molecular flexibility index (Phi) is 5.43. The number of allylic oxidation sites excluding steroid dienone is 2. The largest absolute Gasteiger partial charge is 0.490 e. The van der Waals surface area contributed by atoms with Gasteiger partial charge in [-0.25, -0.2) is 9.69 Å². The standard InChI is InChI=1S/C25H20N2O8/c1-34-20-9-8-13(11-18(20)27(32)33)19(28)12-35-25(31)16-4-2-3-5-17(16)26-23(29)21-14-6-7-15(10-14)22(21)24(26)30/h2-9,11,14-15,21-22H,10,12H2,1H3/t14-,15-,21-,22+/m0/s1. The van der Waals surface area contributed by atoms with E-state index in [1.807, 2.05) is 12.2 Å². The molecule has 2 bridgehead atoms. The molecule has 0 unspecified atom stereocenters. The fraction of sp³-hybridized carbons (Fsp3) is 0.280. The summed E-state index contributed by atoms with van der Waals surface area (Å²) in [7, 11) is 1.27. The number of amides is 2. The zero-order chi connectivity index (χ0) is 24.9. The summed E-state index contributed by atoms with van der Waals surface area (Å²) in [5.74, 6) is -3.03. The van der Waals surface area contributed by atoms with Gasteiger partial charge < -0.3 is 9.47 Å². The highest BCUT2D eigenvalue weighted by molar-refractivity contribution is 6.24. The molecule has 0 N–H and O–H groups in total. The summed E-state index contributed by atoms with van der Waals surface area (Å²) >= 11 is 0. The molecule has 2 aromatic rings. The van der Waals surface area contributed by atoms with Gasteiger partial charge in [0.25, 0.3) is 0 Å². The maximum Gasteiger partial charge on any atom is 0.340 e. The number of methoxy groups -OCH3 is 1. The number of anilines is 1. The highest BCUT2D eigenvalue weighted by Crippen LogP contribution is 2.53. The van der Waals surface area contributed by atoms with E-state index in [4.69, 9.17) is 9.47 Å². The van der Waals surface area contributed by atoms with E-state index in [1.54, 1.807) is 12.1 Å². The van der Waals surface area contributed by atoms with Crippen LogP contribution in [0.5, 0.6) is 5.75 Å². The van der Waals surface area contributed by atoms with Gasteiger partial charge in [0, 0.05) is 11.6 Å². The molecule has 10 heteroatoms. The van der Waals surface area contributed by atoms with Crippen LogP contribution in [0.3, 0.4) is 0 Å². The molecule has 178 valence electrons. The Bertz CT molecular complexity index is 1290. The van der Waals surface area contributed by atoms with E-state index in [0.29, 0.717) is 0 Å². The van der Waals surface area contributed by atoms with E-state index < -0.39 is 40.8 Å². The molecule has 1 heterocycles. The summed E-state index contributed by atoms with van der Waals surface area (Å²) in [5, 5.41) is 11.2. The molecule has 10 nitrogen and oxygen atoms in total. The number of Topliss-reactive ketones (excluding diaryl/α,β-unsaturated/α-hetero) is 1. The number of carbonyl (C=O) groups is 4. The third-order valence-corrected chi connectivity index (χ3v) is 6.87. The van der Waals surface area contributed by atoms with Crippen LogP contribution in [0.2, 0.25) is 0 Å². The maximum atomic E-state index is 13.2. The Hall–Kier alpha value is -4.34. The van der Waals surface area contributed by atoms with Gasteiger partial charge in [0.2, 0.25) is 17.6 Å². The molecule has 2 aliphatic carbocycles. The summed E-state index contributed by atoms with van der Waals surface area (Å²) in [6.07, 6.45) is 4.75. The van der Waals surface area contributed by atoms with Crippen LogP contribution in [0.25, 0.3) is 0 Å². The first-order valence-corrected chi connectivity index (χ1v) is 11.0. The van der Waals surface area contributed by atoms with Gasteiger partial charge in [-0.2, -0.15) is 0 Å². The number of ether oxygens (including phenoxy) is 2. The lowest BCUT2D eigenvalue weighted by atomic mass is 9.85. The number of benzene rings is 2. The second-order valence-electron chi connectivity index (χ2n) is 8.67. The number of nitro benzene ring substituents is 1. The van der Waals surface area contributed by atoms with Crippen LogP contribution in [-0.2, 0) is 14.3 Å². The first-order valence-electron chi connectivity index (χ1n) is 11.0. The zero-order valence-electron chi connectivity index (χ0n) is 18.6. The van der Waals surface area contributed by atoms with E-state index in [9.17, 15) is 29.3 Å². The number of imide groups is 1. The maximum absolute atomic E-state index is 13.2. The lowest BCUT2D eigenvalue weighted by molar-refractivity contribution is -0.385. The number of rotatable bonds is 7. The minimum absolute atomic E-state index is 0.00850. The van der Waals surface area contributed by atoms with Crippen LogP contribution in [0.15, 0.2) is 54.6 Å². The van der Waals surface area contributed by atoms with E-state index in [-0.39, 0.29) is 46.2 Å². The van der Waals surface area contributed by atoms with Gasteiger partial charge >= 0.3 is 11.7 Å². The van der Waals surface area contributed by atoms with E-state index in [2.05, 4.69) is 0 Å². The Morgan fingerprint density at radius 2 is 1.71 bits per heavy atom. The van der Waals surface area contributed by atoms with Crippen LogP contribution >= 0.6 is 0 Å². The molecule has 3 aliphatic rings. The molecule has 2 fully saturated rings. The minimum Gasteiger partial charge on any atom is -0.490 e. The molecular formula is C25H20N2O8. The summed E-state index contributed by atoms with van der Waals surface area (Å²) in [6, 6.07) is 9.75. The topological polar surface area (TPSA) is 133 Å². The highest BCUT2D eigenvalue weighted by atomic mass is 16.6. The molecule has 5 rings (SSSR count). The normalized spacial score (nSPS) is 24.0. The van der Waals surface area contributed by atoms with Crippen molar-refractivity contribution in [3.8, 4) is 5.75 Å². The first-order chi connectivity index (χ1) is 16.8. The van der Waals surface area contributed by atoms with Crippen molar-refractivity contribution < 1.29 is 33.6 Å². The third kappa shape index (κ3) is 3.58. The van der Waals surface area contributed by atoms with Crippen LogP contribution in [0, 0.1) is 33.8 Å². The smallest absolute Gasteiger partial charge is 0.340 e. The number of fused-ring (bicyclic) bond motifs is 5. The summed E-state index contributed by atoms with van der Waals surface area (Å²) in [6.45, 7) is -0.683. The molecule has 1 aliphatic heterocycles. The Labute approximate surface area is 199 Å². The van der Waals surface area contributed by atoms with Crippen molar-refractivity contribution in [3.05, 3.63) is 75.9 Å². The number of ketones is 1. The van der Waals surface area contributed by atoms with Gasteiger partial charge in [0.15, 0.2) is 12.4 Å². The average molecular weight is 476 g/mol. The van der Waals surface area contributed by atoms with E-state index in [0.717, 1.165) is 17.4 Å². The number of esters is 1. The molecule has 2 amide bonds. The van der Waals surface area contributed by atoms with Crippen molar-refractivity contribution >= 4 is 34.9 Å². The average Bonchev–Trinajstić information content (AvgIpc) is 3.55. The lowest BCUT2D eigenvalue weighted by Gasteiger charge is -2.19. The van der Waals surface area contributed by atoms with Gasteiger partial charge in [-0.1, -0.05) is 24.3 Å². The van der Waals surface area contributed by atoms with Crippen molar-refractivity contribution in [1.82, 2.24) is 0 Å². The molecule has 4 atom stereocenters. The third-order valence-electron chi connectivity index (χ3n) is 6.87. The van der Waals surface area contributed by atoms with Crippen LogP contribution in [0.4, 0.5) is 11.4 Å². The summed E-state index contributed by atoms with van der Waals surface area (Å²) in [5.41, 5.74) is -0.328. The van der Waals surface area contributed by atoms with Gasteiger partial charge in [-0.15, -0.1) is 0 Å². The molecule has 1 saturated heterocycles. The van der Waals surface area contributed by atoms with Crippen LogP contribution < -0.4 is 9.64 Å². The van der Waals surface area contributed by atoms with Crippen molar-refractivity contribution in [1.29, 1.82) is 0 Å². The van der Waals surface area contributed by atoms with Crippen molar-refractivity contribution in [2.24, 2.45) is 23.7 Å². The van der Waals surface area contributed by atoms with E-state index in [1.165, 1.54) is 31.4 Å². The second-order valence-corrected chi connectivity index (χ2v) is 8.67. The Balaban J connectivity index is 1.34. The number of nitro groups is 1. The molecular weight excluding hydrogens is 456 g/mol. The monoisotopic (exact) mass is 476 g/mol.